The van der Waals surface area contributed by atoms with Crippen molar-refractivity contribution in [2.45, 2.75) is 19.9 Å². The molecule has 1 N–H and O–H groups in total. The van der Waals surface area contributed by atoms with Crippen molar-refractivity contribution in [2.75, 3.05) is 6.54 Å². The highest BCUT2D eigenvalue weighted by molar-refractivity contribution is 5.53. The predicted octanol–water partition coefficient (Wildman–Crippen LogP) is 3.98. The summed E-state index contributed by atoms with van der Waals surface area (Å²) in [4.78, 5) is 4.60. The second-order valence-corrected chi connectivity index (χ2v) is 5.30. The van der Waals surface area contributed by atoms with Crippen LogP contribution in [0.4, 0.5) is 0 Å². The Morgan fingerprint density at radius 3 is 2.36 bits per heavy atom. The lowest BCUT2D eigenvalue weighted by atomic mass is 10.1. The van der Waals surface area contributed by atoms with Crippen molar-refractivity contribution < 1.29 is 4.42 Å². The zero-order valence-electron chi connectivity index (χ0n) is 12.8. The summed E-state index contributed by atoms with van der Waals surface area (Å²) in [5.41, 5.74) is 3.34. The highest BCUT2D eigenvalue weighted by Gasteiger charge is 2.10. The number of hydrogen-bond donors (Lipinski definition) is 1. The molecule has 2 aromatic carbocycles. The first-order chi connectivity index (χ1) is 10.8. The van der Waals surface area contributed by atoms with Crippen molar-refractivity contribution in [3.05, 3.63) is 77.7 Å². The normalized spacial score (nSPS) is 10.8. The third-order valence-corrected chi connectivity index (χ3v) is 3.64. The molecule has 112 valence electrons. The van der Waals surface area contributed by atoms with Crippen LogP contribution in [0.15, 0.2) is 65.1 Å². The van der Waals surface area contributed by atoms with E-state index < -0.39 is 0 Å². The number of rotatable bonds is 6. The molecule has 0 bridgehead atoms. The minimum absolute atomic E-state index is 0.693. The molecule has 0 saturated carbocycles. The Morgan fingerprint density at radius 1 is 0.955 bits per heavy atom. The van der Waals surface area contributed by atoms with Gasteiger partial charge in [0.25, 0.3) is 0 Å². The Bertz CT molecular complexity index is 705. The third kappa shape index (κ3) is 3.62. The maximum Gasteiger partial charge on any atom is 0.226 e. The Balaban J connectivity index is 1.56. The topological polar surface area (TPSA) is 38.1 Å². The van der Waals surface area contributed by atoms with Gasteiger partial charge in [-0.3, -0.25) is 0 Å². The zero-order valence-corrected chi connectivity index (χ0v) is 12.8. The van der Waals surface area contributed by atoms with E-state index in [-0.39, 0.29) is 0 Å². The van der Waals surface area contributed by atoms with Crippen molar-refractivity contribution in [2.24, 2.45) is 0 Å². The van der Waals surface area contributed by atoms with Crippen LogP contribution in [0.2, 0.25) is 0 Å². The van der Waals surface area contributed by atoms with Crippen molar-refractivity contribution in [1.82, 2.24) is 10.3 Å². The molecule has 0 saturated heterocycles. The molecule has 3 aromatic rings. The summed E-state index contributed by atoms with van der Waals surface area (Å²) < 4.78 is 5.76. The van der Waals surface area contributed by atoms with Crippen LogP contribution < -0.4 is 5.32 Å². The van der Waals surface area contributed by atoms with Crippen LogP contribution in [-0.4, -0.2) is 11.5 Å². The smallest absolute Gasteiger partial charge is 0.226 e. The highest BCUT2D eigenvalue weighted by atomic mass is 16.4. The minimum atomic E-state index is 0.693. The molecule has 0 fully saturated rings. The quantitative estimate of drug-likeness (QED) is 0.698. The largest absolute Gasteiger partial charge is 0.441 e. The number of benzene rings is 2. The highest BCUT2D eigenvalue weighted by Crippen LogP contribution is 2.21. The first kappa shape index (κ1) is 14.5. The molecular formula is C19H20N2O. The van der Waals surface area contributed by atoms with Crippen LogP contribution in [0, 0.1) is 6.92 Å². The van der Waals surface area contributed by atoms with E-state index in [0.717, 1.165) is 36.5 Å². The second kappa shape index (κ2) is 7.05. The second-order valence-electron chi connectivity index (χ2n) is 5.30. The van der Waals surface area contributed by atoms with Gasteiger partial charge in [0.05, 0.1) is 5.69 Å². The van der Waals surface area contributed by atoms with Gasteiger partial charge in [0.2, 0.25) is 5.89 Å². The van der Waals surface area contributed by atoms with Crippen molar-refractivity contribution in [3.63, 3.8) is 0 Å². The summed E-state index contributed by atoms with van der Waals surface area (Å²) in [5, 5.41) is 3.43. The molecular weight excluding hydrogens is 272 g/mol. The minimum Gasteiger partial charge on any atom is -0.441 e. The van der Waals surface area contributed by atoms with E-state index in [1.165, 1.54) is 5.56 Å². The van der Waals surface area contributed by atoms with Crippen LogP contribution in [0.1, 0.15) is 17.0 Å². The van der Waals surface area contributed by atoms with Gasteiger partial charge in [-0.1, -0.05) is 48.5 Å². The van der Waals surface area contributed by atoms with Gasteiger partial charge in [-0.05, 0) is 37.6 Å². The first-order valence-electron chi connectivity index (χ1n) is 7.59. The van der Waals surface area contributed by atoms with E-state index in [9.17, 15) is 0 Å². The van der Waals surface area contributed by atoms with Crippen LogP contribution in [0.25, 0.3) is 11.5 Å². The summed E-state index contributed by atoms with van der Waals surface area (Å²) in [7, 11) is 0. The molecule has 3 rings (SSSR count). The molecule has 0 unspecified atom stereocenters. The van der Waals surface area contributed by atoms with E-state index in [2.05, 4.69) is 34.6 Å². The molecule has 1 aromatic heterocycles. The number of aromatic nitrogens is 1. The van der Waals surface area contributed by atoms with E-state index >= 15 is 0 Å². The van der Waals surface area contributed by atoms with Gasteiger partial charge in [-0.2, -0.15) is 0 Å². The van der Waals surface area contributed by atoms with Gasteiger partial charge in [0.15, 0.2) is 0 Å². The van der Waals surface area contributed by atoms with Gasteiger partial charge in [0, 0.05) is 12.1 Å². The Kier molecular flexibility index (Phi) is 4.66. The van der Waals surface area contributed by atoms with Gasteiger partial charge in [0.1, 0.15) is 5.76 Å². The number of oxazole rings is 1. The monoisotopic (exact) mass is 292 g/mol. The van der Waals surface area contributed by atoms with E-state index in [4.69, 9.17) is 4.42 Å². The maximum atomic E-state index is 5.76. The molecule has 1 heterocycles. The van der Waals surface area contributed by atoms with Crippen molar-refractivity contribution >= 4 is 0 Å². The summed E-state index contributed by atoms with van der Waals surface area (Å²) in [6.45, 7) is 3.62. The molecule has 0 spiro atoms. The molecule has 0 atom stereocenters. The van der Waals surface area contributed by atoms with Gasteiger partial charge < -0.3 is 9.73 Å². The van der Waals surface area contributed by atoms with E-state index in [1.807, 2.05) is 43.3 Å². The first-order valence-corrected chi connectivity index (χ1v) is 7.59. The van der Waals surface area contributed by atoms with Crippen LogP contribution in [-0.2, 0) is 13.0 Å². The number of hydrogen-bond acceptors (Lipinski definition) is 3. The Morgan fingerprint density at radius 2 is 1.64 bits per heavy atom. The average Bonchev–Trinajstić information content (AvgIpc) is 2.94. The summed E-state index contributed by atoms with van der Waals surface area (Å²) in [5.74, 6) is 1.57. The van der Waals surface area contributed by atoms with Crippen molar-refractivity contribution in [3.8, 4) is 11.5 Å². The fraction of sp³-hybridized carbons (Fsp3) is 0.211. The molecule has 0 radical (unpaired) electrons. The maximum absolute atomic E-state index is 5.76. The predicted molar refractivity (Wildman–Crippen MR) is 88.5 cm³/mol. The molecule has 0 amide bonds. The molecule has 0 aliphatic rings. The van der Waals surface area contributed by atoms with Crippen LogP contribution >= 0.6 is 0 Å². The lowest BCUT2D eigenvalue weighted by molar-refractivity contribution is 0.536. The Labute approximate surface area is 131 Å². The fourth-order valence-electron chi connectivity index (χ4n) is 2.38. The Hall–Kier alpha value is -2.39. The standard InChI is InChI=1S/C19H20N2O/c1-15-18(14-20-13-12-16-8-4-2-5-9-16)21-19(22-15)17-10-6-3-7-11-17/h2-11,20H,12-14H2,1H3. The average molecular weight is 292 g/mol. The van der Waals surface area contributed by atoms with Crippen LogP contribution in [0.3, 0.4) is 0 Å². The summed E-state index contributed by atoms with van der Waals surface area (Å²) in [6.07, 6.45) is 1.02. The van der Waals surface area contributed by atoms with Gasteiger partial charge in [-0.15, -0.1) is 0 Å². The van der Waals surface area contributed by atoms with Crippen molar-refractivity contribution in [1.29, 1.82) is 0 Å². The third-order valence-electron chi connectivity index (χ3n) is 3.64. The molecule has 3 nitrogen and oxygen atoms in total. The molecule has 0 aliphatic heterocycles. The fourth-order valence-corrected chi connectivity index (χ4v) is 2.38. The lowest BCUT2D eigenvalue weighted by Gasteiger charge is -2.03. The van der Waals surface area contributed by atoms with E-state index in [0.29, 0.717) is 5.89 Å². The van der Waals surface area contributed by atoms with E-state index in [1.54, 1.807) is 0 Å². The molecule has 22 heavy (non-hydrogen) atoms. The number of nitrogens with one attached hydrogen (secondary N) is 1. The van der Waals surface area contributed by atoms with Gasteiger partial charge >= 0.3 is 0 Å². The molecule has 0 aliphatic carbocycles. The lowest BCUT2D eigenvalue weighted by Crippen LogP contribution is -2.17. The summed E-state index contributed by atoms with van der Waals surface area (Å²) >= 11 is 0. The summed E-state index contributed by atoms with van der Waals surface area (Å²) in [6, 6.07) is 20.5. The SMILES string of the molecule is Cc1oc(-c2ccccc2)nc1CNCCc1ccccc1. The molecule has 3 heteroatoms. The number of aryl methyl sites for hydroxylation is 1. The number of nitrogens with zero attached hydrogens (tertiary/aromatic N) is 1. The zero-order chi connectivity index (χ0) is 15.2. The van der Waals surface area contributed by atoms with Gasteiger partial charge in [-0.25, -0.2) is 4.98 Å². The van der Waals surface area contributed by atoms with Crippen LogP contribution in [0.5, 0.6) is 0 Å².